The minimum Gasteiger partial charge on any atom is -0.496 e. The topological polar surface area (TPSA) is 70.3 Å². The summed E-state index contributed by atoms with van der Waals surface area (Å²) >= 11 is 0. The second-order valence-electron chi connectivity index (χ2n) is 7.09. The first-order chi connectivity index (χ1) is 13.6. The highest BCUT2D eigenvalue weighted by Crippen LogP contribution is 2.43. The molecule has 28 heavy (non-hydrogen) atoms. The van der Waals surface area contributed by atoms with E-state index in [9.17, 15) is 14.4 Å². The van der Waals surface area contributed by atoms with Gasteiger partial charge in [-0.15, -0.1) is 0 Å². The van der Waals surface area contributed by atoms with Gasteiger partial charge in [0.05, 0.1) is 23.6 Å². The maximum atomic E-state index is 13.4. The molecule has 5 rings (SSSR count). The Bertz CT molecular complexity index is 1300. The molecule has 0 N–H and O–H groups in total. The SMILES string of the molecule is COc1ccccc1[C@H]1C2=C(CCCC2=O)n2c(=O)c3ccccc3c(=O)n21. The number of ketones is 1. The van der Waals surface area contributed by atoms with Crippen LogP contribution < -0.4 is 15.9 Å². The number of fused-ring (bicyclic) bond motifs is 3. The van der Waals surface area contributed by atoms with Crippen molar-refractivity contribution >= 4 is 22.3 Å². The molecule has 0 saturated carbocycles. The van der Waals surface area contributed by atoms with Crippen LogP contribution in [0.2, 0.25) is 0 Å². The molecule has 2 heterocycles. The molecule has 1 aliphatic heterocycles. The Morgan fingerprint density at radius 2 is 1.57 bits per heavy atom. The van der Waals surface area contributed by atoms with Gasteiger partial charge in [0.25, 0.3) is 11.1 Å². The highest BCUT2D eigenvalue weighted by Gasteiger charge is 2.40. The molecule has 0 bridgehead atoms. The first-order valence-corrected chi connectivity index (χ1v) is 9.29. The zero-order chi connectivity index (χ0) is 19.4. The van der Waals surface area contributed by atoms with Crippen LogP contribution in [0.25, 0.3) is 16.5 Å². The lowest BCUT2D eigenvalue weighted by molar-refractivity contribution is -0.116. The highest BCUT2D eigenvalue weighted by atomic mass is 16.5. The van der Waals surface area contributed by atoms with Crippen LogP contribution in [-0.4, -0.2) is 22.3 Å². The van der Waals surface area contributed by atoms with Crippen LogP contribution in [-0.2, 0) is 4.79 Å². The molecule has 6 nitrogen and oxygen atoms in total. The van der Waals surface area contributed by atoms with Crippen molar-refractivity contribution in [2.45, 2.75) is 25.3 Å². The lowest BCUT2D eigenvalue weighted by Crippen LogP contribution is -2.37. The molecule has 2 aromatic carbocycles. The fourth-order valence-corrected chi connectivity index (χ4v) is 4.45. The van der Waals surface area contributed by atoms with Gasteiger partial charge in [0.1, 0.15) is 11.8 Å². The standard InChI is InChI=1S/C22H18N2O4/c1-28-18-12-5-4-9-15(18)20-19-16(10-6-11-17(19)25)23-21(26)13-7-2-3-8-14(13)22(27)24(20)23/h2-5,7-9,12,20H,6,10-11H2,1H3/t20-/m0/s1. The molecule has 0 unspecified atom stereocenters. The summed E-state index contributed by atoms with van der Waals surface area (Å²) in [5, 5.41) is 0.727. The van der Waals surface area contributed by atoms with E-state index >= 15 is 0 Å². The predicted molar refractivity (Wildman–Crippen MR) is 106 cm³/mol. The van der Waals surface area contributed by atoms with Crippen LogP contribution in [0.4, 0.5) is 0 Å². The van der Waals surface area contributed by atoms with Gasteiger partial charge in [-0.05, 0) is 31.0 Å². The van der Waals surface area contributed by atoms with Gasteiger partial charge in [0.15, 0.2) is 5.78 Å². The summed E-state index contributed by atoms with van der Waals surface area (Å²) in [5.74, 6) is 0.565. The molecule has 1 aromatic heterocycles. The van der Waals surface area contributed by atoms with Crippen LogP contribution in [0.3, 0.4) is 0 Å². The number of rotatable bonds is 2. The first-order valence-electron chi connectivity index (χ1n) is 9.29. The average Bonchev–Trinajstić information content (AvgIpc) is 3.09. The Kier molecular flexibility index (Phi) is 3.62. The van der Waals surface area contributed by atoms with E-state index in [1.807, 2.05) is 18.2 Å². The van der Waals surface area contributed by atoms with Crippen molar-refractivity contribution in [2.24, 2.45) is 0 Å². The summed E-state index contributed by atoms with van der Waals surface area (Å²) in [6.45, 7) is 0. The summed E-state index contributed by atoms with van der Waals surface area (Å²) in [6, 6.07) is 13.5. The van der Waals surface area contributed by atoms with E-state index in [1.54, 1.807) is 37.4 Å². The van der Waals surface area contributed by atoms with Crippen molar-refractivity contribution < 1.29 is 9.53 Å². The number of Topliss-reactive ketones (excluding diaryl/α,β-unsaturated/α-hetero) is 1. The number of nitrogens with zero attached hydrogens (tertiary/aromatic N) is 2. The predicted octanol–water partition coefficient (Wildman–Crippen LogP) is 2.74. The highest BCUT2D eigenvalue weighted by molar-refractivity contribution is 6.04. The molecule has 3 aromatic rings. The Labute approximate surface area is 160 Å². The molecule has 140 valence electrons. The molecular formula is C22H18N2O4. The third-order valence-electron chi connectivity index (χ3n) is 5.64. The quantitative estimate of drug-likeness (QED) is 0.692. The summed E-state index contributed by atoms with van der Waals surface area (Å²) in [6.07, 6.45) is 1.68. The third-order valence-corrected chi connectivity index (χ3v) is 5.64. The van der Waals surface area contributed by atoms with Crippen molar-refractivity contribution in [3.05, 3.63) is 80.4 Å². The van der Waals surface area contributed by atoms with Crippen molar-refractivity contribution in [3.8, 4) is 5.75 Å². The Morgan fingerprint density at radius 3 is 2.32 bits per heavy atom. The van der Waals surface area contributed by atoms with E-state index in [-0.39, 0.29) is 16.9 Å². The number of methoxy groups -OCH3 is 1. The number of aromatic nitrogens is 2. The van der Waals surface area contributed by atoms with Crippen molar-refractivity contribution in [2.75, 3.05) is 7.11 Å². The molecule has 1 aliphatic carbocycles. The van der Waals surface area contributed by atoms with Gasteiger partial charge in [0, 0.05) is 17.6 Å². The molecule has 0 saturated heterocycles. The second-order valence-corrected chi connectivity index (χ2v) is 7.09. The van der Waals surface area contributed by atoms with E-state index in [4.69, 9.17) is 4.74 Å². The molecule has 0 spiro atoms. The minimum atomic E-state index is -0.663. The van der Waals surface area contributed by atoms with Gasteiger partial charge in [-0.25, -0.2) is 9.36 Å². The Balaban J connectivity index is 1.95. The molecule has 0 radical (unpaired) electrons. The van der Waals surface area contributed by atoms with E-state index in [1.165, 1.54) is 9.36 Å². The van der Waals surface area contributed by atoms with Crippen molar-refractivity contribution in [1.29, 1.82) is 0 Å². The third kappa shape index (κ3) is 2.11. The van der Waals surface area contributed by atoms with E-state index in [0.717, 1.165) is 0 Å². The summed E-state index contributed by atoms with van der Waals surface area (Å²) < 4.78 is 8.37. The molecule has 6 heteroatoms. The summed E-state index contributed by atoms with van der Waals surface area (Å²) in [5.41, 5.74) is 1.32. The number of hydrogen-bond acceptors (Lipinski definition) is 4. The van der Waals surface area contributed by atoms with Crippen LogP contribution in [0.1, 0.15) is 30.9 Å². The molecule has 2 aliphatic rings. The smallest absolute Gasteiger partial charge is 0.277 e. The monoisotopic (exact) mass is 374 g/mol. The van der Waals surface area contributed by atoms with Crippen LogP contribution in [0.15, 0.2) is 63.7 Å². The molecule has 0 amide bonds. The van der Waals surface area contributed by atoms with E-state index < -0.39 is 6.04 Å². The Hall–Kier alpha value is -3.41. The minimum absolute atomic E-state index is 0.0174. The maximum Gasteiger partial charge on any atom is 0.277 e. The zero-order valence-electron chi connectivity index (χ0n) is 15.3. The number of benzene rings is 2. The largest absolute Gasteiger partial charge is 0.496 e. The number of allylic oxidation sites excluding steroid dienone is 2. The van der Waals surface area contributed by atoms with E-state index in [0.29, 0.717) is 52.6 Å². The number of carbonyl (C=O) groups excluding carboxylic acids is 1. The number of para-hydroxylation sites is 1. The van der Waals surface area contributed by atoms with Gasteiger partial charge in [-0.3, -0.25) is 14.4 Å². The lowest BCUT2D eigenvalue weighted by atomic mass is 9.87. The fraction of sp³-hybridized carbons (Fsp3) is 0.227. The zero-order valence-corrected chi connectivity index (χ0v) is 15.3. The maximum absolute atomic E-state index is 13.4. The Morgan fingerprint density at radius 1 is 0.893 bits per heavy atom. The van der Waals surface area contributed by atoms with Crippen LogP contribution in [0.5, 0.6) is 5.75 Å². The molecule has 0 fully saturated rings. The van der Waals surface area contributed by atoms with Gasteiger partial charge in [0.2, 0.25) is 0 Å². The van der Waals surface area contributed by atoms with Gasteiger partial charge in [-0.2, -0.15) is 0 Å². The lowest BCUT2D eigenvalue weighted by Gasteiger charge is -2.20. The van der Waals surface area contributed by atoms with Gasteiger partial charge < -0.3 is 4.74 Å². The average molecular weight is 374 g/mol. The normalized spacial score (nSPS) is 18.3. The van der Waals surface area contributed by atoms with Crippen LogP contribution in [0, 0.1) is 0 Å². The van der Waals surface area contributed by atoms with Crippen LogP contribution >= 0.6 is 0 Å². The fourth-order valence-electron chi connectivity index (χ4n) is 4.45. The number of hydrogen-bond donors (Lipinski definition) is 0. The molecule has 1 atom stereocenters. The van der Waals surface area contributed by atoms with Gasteiger partial charge in [-0.1, -0.05) is 30.3 Å². The van der Waals surface area contributed by atoms with Crippen molar-refractivity contribution in [3.63, 3.8) is 0 Å². The van der Waals surface area contributed by atoms with Crippen molar-refractivity contribution in [1.82, 2.24) is 9.36 Å². The summed E-state index contributed by atoms with van der Waals surface area (Å²) in [7, 11) is 1.56. The first kappa shape index (κ1) is 16.7. The summed E-state index contributed by atoms with van der Waals surface area (Å²) in [4.78, 5) is 39.6. The number of ether oxygens (including phenoxy) is 1. The van der Waals surface area contributed by atoms with Gasteiger partial charge >= 0.3 is 0 Å². The number of carbonyl (C=O) groups is 1. The second kappa shape index (κ2) is 6.05. The molecular weight excluding hydrogens is 356 g/mol. The van der Waals surface area contributed by atoms with E-state index in [2.05, 4.69) is 0 Å².